The fourth-order valence-corrected chi connectivity index (χ4v) is 8.16. The summed E-state index contributed by atoms with van der Waals surface area (Å²) in [6.07, 6.45) is 29.4. The van der Waals surface area contributed by atoms with Crippen LogP contribution in [-0.4, -0.2) is 31.8 Å². The number of carbonyl (C=O) groups is 2. The summed E-state index contributed by atoms with van der Waals surface area (Å²) in [6.45, 7) is 5.42. The molecule has 5 rings (SSSR count). The van der Waals surface area contributed by atoms with Gasteiger partial charge >= 0.3 is 11.9 Å². The molecule has 0 spiro atoms. The maximum atomic E-state index is 13.2. The van der Waals surface area contributed by atoms with Gasteiger partial charge in [0.1, 0.15) is 31.3 Å². The molecular formula is C50H66O6. The van der Waals surface area contributed by atoms with Crippen molar-refractivity contribution >= 4 is 11.9 Å². The Labute approximate surface area is 337 Å². The normalized spacial score (nSPS) is 20.5. The third-order valence-corrected chi connectivity index (χ3v) is 11.7. The second kappa shape index (κ2) is 24.3. The van der Waals surface area contributed by atoms with E-state index in [9.17, 15) is 9.59 Å². The number of carbonyl (C=O) groups excluding carboxylic acids is 2. The molecule has 0 amide bonds. The molecule has 2 fully saturated rings. The Balaban J connectivity index is 1.02. The van der Waals surface area contributed by atoms with Gasteiger partial charge in [-0.05, 0) is 129 Å². The van der Waals surface area contributed by atoms with E-state index in [0.29, 0.717) is 47.7 Å². The van der Waals surface area contributed by atoms with Crippen molar-refractivity contribution in [3.63, 3.8) is 0 Å². The second-order valence-corrected chi connectivity index (χ2v) is 16.0. The van der Waals surface area contributed by atoms with E-state index >= 15 is 0 Å². The standard InChI is InChI=1S/C50H66O6/c1-3-5-8-14-39-20-24-41(25-21-39)16-12-36-53-46-32-28-44(29-33-46)49(51)55-38-48(43-18-10-7-11-19-43)56-50(52)45-30-34-47(35-31-45)54-37-13-17-42-26-22-40(23-27-42)15-9-6-4-2/h7,10-13,16-19,28-35,39-42,48H,3-6,8-9,14-15,20-27,36-38H2,1-2H3/b16-12+,17-13+/t39?,40?,41?,42?,48-/m0/s1. The van der Waals surface area contributed by atoms with Crippen molar-refractivity contribution in [3.8, 4) is 11.5 Å². The Kier molecular flexibility index (Phi) is 18.6. The number of allylic oxidation sites excluding steroid dienone is 2. The van der Waals surface area contributed by atoms with E-state index in [0.717, 1.165) is 17.4 Å². The van der Waals surface area contributed by atoms with E-state index in [1.807, 2.05) is 30.3 Å². The van der Waals surface area contributed by atoms with Gasteiger partial charge < -0.3 is 18.9 Å². The molecule has 56 heavy (non-hydrogen) atoms. The highest BCUT2D eigenvalue weighted by Crippen LogP contribution is 2.34. The second-order valence-electron chi connectivity index (χ2n) is 16.0. The van der Waals surface area contributed by atoms with E-state index in [1.54, 1.807) is 48.5 Å². The predicted molar refractivity (Wildman–Crippen MR) is 226 cm³/mol. The lowest BCUT2D eigenvalue weighted by atomic mass is 9.79. The molecule has 3 aromatic rings. The van der Waals surface area contributed by atoms with Crippen molar-refractivity contribution in [2.75, 3.05) is 19.8 Å². The first kappa shape index (κ1) is 42.8. The van der Waals surface area contributed by atoms with Crippen LogP contribution in [0.5, 0.6) is 11.5 Å². The number of unbranched alkanes of at least 4 members (excludes halogenated alkanes) is 4. The summed E-state index contributed by atoms with van der Waals surface area (Å²) >= 11 is 0. The quantitative estimate of drug-likeness (QED) is 0.0577. The minimum atomic E-state index is -0.773. The van der Waals surface area contributed by atoms with Gasteiger partial charge in [0.25, 0.3) is 0 Å². The van der Waals surface area contributed by atoms with Crippen molar-refractivity contribution in [3.05, 3.63) is 120 Å². The van der Waals surface area contributed by atoms with Crippen LogP contribution >= 0.6 is 0 Å². The fourth-order valence-electron chi connectivity index (χ4n) is 8.16. The van der Waals surface area contributed by atoms with Crippen LogP contribution in [0.1, 0.15) is 149 Å². The van der Waals surface area contributed by atoms with Crippen LogP contribution in [0, 0.1) is 23.7 Å². The summed E-state index contributed by atoms with van der Waals surface area (Å²) in [6, 6.07) is 23.3. The molecule has 2 aliphatic carbocycles. The molecule has 1 atom stereocenters. The fraction of sp³-hybridized carbons (Fsp3) is 0.520. The van der Waals surface area contributed by atoms with Gasteiger partial charge in [0.05, 0.1) is 11.1 Å². The molecule has 0 heterocycles. The number of hydrogen-bond acceptors (Lipinski definition) is 6. The van der Waals surface area contributed by atoms with Crippen LogP contribution in [0.15, 0.2) is 103 Å². The smallest absolute Gasteiger partial charge is 0.338 e. The highest BCUT2D eigenvalue weighted by molar-refractivity contribution is 5.90. The molecule has 0 radical (unpaired) electrons. The molecule has 302 valence electrons. The lowest BCUT2D eigenvalue weighted by molar-refractivity contribution is -0.00134. The lowest BCUT2D eigenvalue weighted by Gasteiger charge is -2.26. The first-order chi connectivity index (χ1) is 27.5. The van der Waals surface area contributed by atoms with Crippen molar-refractivity contribution < 1.29 is 28.5 Å². The average Bonchev–Trinajstić information content (AvgIpc) is 3.24. The van der Waals surface area contributed by atoms with Crippen LogP contribution in [0.25, 0.3) is 0 Å². The molecular weight excluding hydrogens is 697 g/mol. The number of benzene rings is 3. The summed E-state index contributed by atoms with van der Waals surface area (Å²) in [5.41, 5.74) is 1.53. The largest absolute Gasteiger partial charge is 0.490 e. The van der Waals surface area contributed by atoms with Gasteiger partial charge in [-0.25, -0.2) is 9.59 Å². The van der Waals surface area contributed by atoms with Crippen LogP contribution < -0.4 is 9.47 Å². The third kappa shape index (κ3) is 15.0. The molecule has 3 aromatic carbocycles. The van der Waals surface area contributed by atoms with E-state index in [-0.39, 0.29) is 6.61 Å². The van der Waals surface area contributed by atoms with Gasteiger partial charge in [0.15, 0.2) is 6.10 Å². The Morgan fingerprint density at radius 3 is 1.52 bits per heavy atom. The van der Waals surface area contributed by atoms with Crippen LogP contribution in [0.4, 0.5) is 0 Å². The minimum absolute atomic E-state index is 0.119. The molecule has 0 bridgehead atoms. The highest BCUT2D eigenvalue weighted by Gasteiger charge is 2.22. The highest BCUT2D eigenvalue weighted by atomic mass is 16.6. The van der Waals surface area contributed by atoms with Crippen molar-refractivity contribution in [2.24, 2.45) is 23.7 Å². The first-order valence-corrected chi connectivity index (χ1v) is 21.7. The van der Waals surface area contributed by atoms with E-state index in [2.05, 4.69) is 38.2 Å². The Morgan fingerprint density at radius 2 is 1.05 bits per heavy atom. The van der Waals surface area contributed by atoms with Crippen molar-refractivity contribution in [2.45, 2.75) is 123 Å². The van der Waals surface area contributed by atoms with E-state index in [1.165, 1.54) is 103 Å². The zero-order chi connectivity index (χ0) is 39.2. The third-order valence-electron chi connectivity index (χ3n) is 11.7. The SMILES string of the molecule is CCCCCC1CCC(/C=C/COc2ccc(C(=O)OC[C@H](OC(=O)c3ccc(OC/C=C/C4CCC(CCCCC)CC4)cc3)c3ccccc3)cc2)CC1. The molecule has 0 aromatic heterocycles. The molecule has 0 N–H and O–H groups in total. The summed E-state index contributed by atoms with van der Waals surface area (Å²) in [7, 11) is 0. The van der Waals surface area contributed by atoms with Crippen LogP contribution in [0.3, 0.4) is 0 Å². The minimum Gasteiger partial charge on any atom is -0.490 e. The van der Waals surface area contributed by atoms with Gasteiger partial charge in [0, 0.05) is 0 Å². The molecule has 0 unspecified atom stereocenters. The lowest BCUT2D eigenvalue weighted by Crippen LogP contribution is -2.19. The summed E-state index contributed by atoms with van der Waals surface area (Å²) in [4.78, 5) is 26.3. The zero-order valence-electron chi connectivity index (χ0n) is 34.1. The Hall–Kier alpha value is -4.32. The number of rotatable bonds is 22. The number of hydrogen-bond donors (Lipinski definition) is 0. The summed E-state index contributed by atoms with van der Waals surface area (Å²) < 4.78 is 23.4. The first-order valence-electron chi connectivity index (χ1n) is 21.7. The van der Waals surface area contributed by atoms with Crippen molar-refractivity contribution in [1.29, 1.82) is 0 Å². The average molecular weight is 763 g/mol. The summed E-state index contributed by atoms with van der Waals surface area (Å²) in [5, 5.41) is 0. The summed E-state index contributed by atoms with van der Waals surface area (Å²) in [5.74, 6) is 3.50. The molecule has 6 heteroatoms. The van der Waals surface area contributed by atoms with Crippen LogP contribution in [-0.2, 0) is 9.47 Å². The predicted octanol–water partition coefficient (Wildman–Crippen LogP) is 13.1. The maximum Gasteiger partial charge on any atom is 0.338 e. The Morgan fingerprint density at radius 1 is 0.589 bits per heavy atom. The molecule has 0 aliphatic heterocycles. The van der Waals surface area contributed by atoms with E-state index in [4.69, 9.17) is 18.9 Å². The van der Waals surface area contributed by atoms with Gasteiger partial charge in [-0.15, -0.1) is 0 Å². The topological polar surface area (TPSA) is 71.1 Å². The number of esters is 2. The van der Waals surface area contributed by atoms with Gasteiger partial charge in [0.2, 0.25) is 0 Å². The molecule has 2 saturated carbocycles. The van der Waals surface area contributed by atoms with Crippen molar-refractivity contribution in [1.82, 2.24) is 0 Å². The van der Waals surface area contributed by atoms with E-state index < -0.39 is 18.0 Å². The zero-order valence-corrected chi connectivity index (χ0v) is 34.1. The molecule has 6 nitrogen and oxygen atoms in total. The van der Waals surface area contributed by atoms with Gasteiger partial charge in [-0.1, -0.05) is 120 Å². The van der Waals surface area contributed by atoms with Gasteiger partial charge in [-0.2, -0.15) is 0 Å². The molecule has 2 aliphatic rings. The monoisotopic (exact) mass is 762 g/mol. The van der Waals surface area contributed by atoms with Gasteiger partial charge in [-0.3, -0.25) is 0 Å². The maximum absolute atomic E-state index is 13.2. The Bertz CT molecular complexity index is 1600. The number of ether oxygens (including phenoxy) is 4. The van der Waals surface area contributed by atoms with Crippen LogP contribution in [0.2, 0.25) is 0 Å². The molecule has 0 saturated heterocycles.